The van der Waals surface area contributed by atoms with E-state index in [4.69, 9.17) is 0 Å². The lowest BCUT2D eigenvalue weighted by Crippen LogP contribution is -2.23. The topological polar surface area (TPSA) is 67.2 Å². The minimum absolute atomic E-state index is 0.0687. The number of aromatic carboxylic acids is 1. The third-order valence-electron chi connectivity index (χ3n) is 2.63. The predicted octanol–water partition coefficient (Wildman–Crippen LogP) is 2.84. The van der Waals surface area contributed by atoms with Gasteiger partial charge in [0.05, 0.1) is 12.1 Å². The smallest absolute Gasteiger partial charge is 0.337 e. The molecule has 0 aliphatic carbocycles. The molecular formula is C13H14BrN3O2. The third kappa shape index (κ3) is 3.57. The van der Waals surface area contributed by atoms with Gasteiger partial charge in [-0.05, 0) is 31.2 Å². The molecule has 0 aliphatic rings. The van der Waals surface area contributed by atoms with Gasteiger partial charge in [-0.25, -0.2) is 4.79 Å². The molecule has 1 aromatic heterocycles. The lowest BCUT2D eigenvalue weighted by Gasteiger charge is -2.17. The molecule has 19 heavy (non-hydrogen) atoms. The van der Waals surface area contributed by atoms with Crippen LogP contribution in [0.25, 0.3) is 0 Å². The molecule has 0 saturated heterocycles. The first-order chi connectivity index (χ1) is 9.06. The molecule has 1 atom stereocenters. The van der Waals surface area contributed by atoms with Gasteiger partial charge in [0, 0.05) is 28.6 Å². The monoisotopic (exact) mass is 323 g/mol. The normalized spacial score (nSPS) is 12.1. The Bertz CT molecular complexity index is 569. The van der Waals surface area contributed by atoms with E-state index in [0.29, 0.717) is 12.2 Å². The van der Waals surface area contributed by atoms with E-state index in [1.54, 1.807) is 23.0 Å². The molecule has 0 aliphatic heterocycles. The maximum atomic E-state index is 11.2. The minimum atomic E-state index is -0.949. The number of carboxylic acid groups (broad SMARTS) is 1. The second-order valence-corrected chi connectivity index (χ2v) is 5.18. The maximum absolute atomic E-state index is 11.2. The zero-order valence-corrected chi connectivity index (χ0v) is 12.0. The second-order valence-electron chi connectivity index (χ2n) is 4.27. The highest BCUT2D eigenvalue weighted by atomic mass is 79.9. The number of aromatic nitrogens is 2. The van der Waals surface area contributed by atoms with Crippen molar-refractivity contribution in [2.75, 3.05) is 5.32 Å². The van der Waals surface area contributed by atoms with Crippen LogP contribution in [0.4, 0.5) is 5.69 Å². The van der Waals surface area contributed by atoms with Crippen molar-refractivity contribution in [2.24, 2.45) is 0 Å². The highest BCUT2D eigenvalue weighted by Gasteiger charge is 2.12. The first-order valence-electron chi connectivity index (χ1n) is 5.83. The molecule has 2 aromatic rings. The first kappa shape index (κ1) is 13.6. The summed E-state index contributed by atoms with van der Waals surface area (Å²) in [5, 5.41) is 16.5. The summed E-state index contributed by atoms with van der Waals surface area (Å²) in [4.78, 5) is 11.2. The molecule has 5 nitrogen and oxygen atoms in total. The molecule has 6 heteroatoms. The van der Waals surface area contributed by atoms with Gasteiger partial charge in [-0.15, -0.1) is 0 Å². The SMILES string of the molecule is CC(Cn1cccn1)Nc1ccc(Br)cc1C(=O)O. The highest BCUT2D eigenvalue weighted by Crippen LogP contribution is 2.22. The average Bonchev–Trinajstić information content (AvgIpc) is 2.83. The molecule has 0 bridgehead atoms. The van der Waals surface area contributed by atoms with Crippen molar-refractivity contribution in [1.29, 1.82) is 0 Å². The Morgan fingerprint density at radius 2 is 2.37 bits per heavy atom. The molecule has 0 amide bonds. The van der Waals surface area contributed by atoms with Gasteiger partial charge in [-0.2, -0.15) is 5.10 Å². The number of nitrogens with one attached hydrogen (secondary N) is 1. The van der Waals surface area contributed by atoms with Gasteiger partial charge in [0.25, 0.3) is 0 Å². The van der Waals surface area contributed by atoms with Crippen LogP contribution in [0.1, 0.15) is 17.3 Å². The van der Waals surface area contributed by atoms with E-state index < -0.39 is 5.97 Å². The van der Waals surface area contributed by atoms with Crippen molar-refractivity contribution >= 4 is 27.6 Å². The van der Waals surface area contributed by atoms with Crippen LogP contribution in [0.15, 0.2) is 41.1 Å². The van der Waals surface area contributed by atoms with E-state index in [1.807, 2.05) is 25.3 Å². The molecule has 1 unspecified atom stereocenters. The van der Waals surface area contributed by atoms with E-state index in [9.17, 15) is 9.90 Å². The van der Waals surface area contributed by atoms with Gasteiger partial charge >= 0.3 is 5.97 Å². The zero-order chi connectivity index (χ0) is 13.8. The summed E-state index contributed by atoms with van der Waals surface area (Å²) in [6.45, 7) is 2.65. The Labute approximate surface area is 119 Å². The molecule has 0 saturated carbocycles. The Morgan fingerprint density at radius 3 is 3.00 bits per heavy atom. The largest absolute Gasteiger partial charge is 0.478 e. The molecular weight excluding hydrogens is 310 g/mol. The van der Waals surface area contributed by atoms with E-state index in [2.05, 4.69) is 26.3 Å². The molecule has 2 N–H and O–H groups in total. The summed E-state index contributed by atoms with van der Waals surface area (Å²) >= 11 is 3.27. The molecule has 100 valence electrons. The van der Waals surface area contributed by atoms with E-state index in [-0.39, 0.29) is 11.6 Å². The number of rotatable bonds is 5. The van der Waals surface area contributed by atoms with Crippen LogP contribution in [-0.4, -0.2) is 26.9 Å². The van der Waals surface area contributed by atoms with Gasteiger partial charge in [-0.1, -0.05) is 15.9 Å². The lowest BCUT2D eigenvalue weighted by atomic mass is 10.1. The fraction of sp³-hybridized carbons (Fsp3) is 0.231. The number of carbonyl (C=O) groups is 1. The molecule has 1 aromatic carbocycles. The average molecular weight is 324 g/mol. The number of anilines is 1. The Balaban J connectivity index is 2.12. The van der Waals surface area contributed by atoms with Crippen LogP contribution < -0.4 is 5.32 Å². The quantitative estimate of drug-likeness (QED) is 0.887. The van der Waals surface area contributed by atoms with Crippen molar-refractivity contribution in [3.05, 3.63) is 46.7 Å². The van der Waals surface area contributed by atoms with Crippen LogP contribution in [0.5, 0.6) is 0 Å². The number of hydrogen-bond donors (Lipinski definition) is 2. The number of hydrogen-bond acceptors (Lipinski definition) is 3. The van der Waals surface area contributed by atoms with Crippen molar-refractivity contribution < 1.29 is 9.90 Å². The molecule has 0 fully saturated rings. The van der Waals surface area contributed by atoms with Crippen LogP contribution in [0.3, 0.4) is 0 Å². The summed E-state index contributed by atoms with van der Waals surface area (Å²) < 4.78 is 2.55. The summed E-state index contributed by atoms with van der Waals surface area (Å²) in [5.41, 5.74) is 0.858. The summed E-state index contributed by atoms with van der Waals surface area (Å²) in [5.74, 6) is -0.949. The Morgan fingerprint density at radius 1 is 1.58 bits per heavy atom. The zero-order valence-electron chi connectivity index (χ0n) is 10.4. The molecule has 0 radical (unpaired) electrons. The van der Waals surface area contributed by atoms with Gasteiger partial charge in [-0.3, -0.25) is 4.68 Å². The fourth-order valence-electron chi connectivity index (χ4n) is 1.82. The highest BCUT2D eigenvalue weighted by molar-refractivity contribution is 9.10. The first-order valence-corrected chi connectivity index (χ1v) is 6.62. The van der Waals surface area contributed by atoms with Crippen LogP contribution >= 0.6 is 15.9 Å². The van der Waals surface area contributed by atoms with Crippen LogP contribution in [0.2, 0.25) is 0 Å². The standard InChI is InChI=1S/C13H14BrN3O2/c1-9(8-17-6-2-5-15-17)16-12-4-3-10(14)7-11(12)13(18)19/h2-7,9,16H,8H2,1H3,(H,18,19). The number of benzene rings is 1. The number of carboxylic acids is 1. The maximum Gasteiger partial charge on any atom is 0.337 e. The van der Waals surface area contributed by atoms with E-state index in [1.165, 1.54) is 0 Å². The van der Waals surface area contributed by atoms with Crippen molar-refractivity contribution in [2.45, 2.75) is 19.5 Å². The summed E-state index contributed by atoms with van der Waals surface area (Å²) in [6, 6.07) is 7.09. The van der Waals surface area contributed by atoms with Gasteiger partial charge in [0.15, 0.2) is 0 Å². The Kier molecular flexibility index (Phi) is 4.21. The number of halogens is 1. The Hall–Kier alpha value is -1.82. The third-order valence-corrected chi connectivity index (χ3v) is 3.13. The van der Waals surface area contributed by atoms with Gasteiger partial charge in [0.1, 0.15) is 0 Å². The predicted molar refractivity (Wildman–Crippen MR) is 76.4 cm³/mol. The summed E-state index contributed by atoms with van der Waals surface area (Å²) in [6.07, 6.45) is 3.59. The summed E-state index contributed by atoms with van der Waals surface area (Å²) in [7, 11) is 0. The molecule has 0 spiro atoms. The van der Waals surface area contributed by atoms with Crippen molar-refractivity contribution in [3.8, 4) is 0 Å². The molecule has 1 heterocycles. The van der Waals surface area contributed by atoms with Crippen LogP contribution in [0, 0.1) is 0 Å². The molecule has 2 rings (SSSR count). The van der Waals surface area contributed by atoms with Crippen LogP contribution in [-0.2, 0) is 6.54 Å². The van der Waals surface area contributed by atoms with Crippen molar-refractivity contribution in [3.63, 3.8) is 0 Å². The second kappa shape index (κ2) is 5.88. The van der Waals surface area contributed by atoms with Gasteiger partial charge < -0.3 is 10.4 Å². The van der Waals surface area contributed by atoms with Crippen molar-refractivity contribution in [1.82, 2.24) is 9.78 Å². The lowest BCUT2D eigenvalue weighted by molar-refractivity contribution is 0.0698. The van der Waals surface area contributed by atoms with E-state index in [0.717, 1.165) is 4.47 Å². The van der Waals surface area contributed by atoms with E-state index >= 15 is 0 Å². The number of nitrogens with zero attached hydrogens (tertiary/aromatic N) is 2. The minimum Gasteiger partial charge on any atom is -0.478 e. The van der Waals surface area contributed by atoms with Gasteiger partial charge in [0.2, 0.25) is 0 Å². The fourth-order valence-corrected chi connectivity index (χ4v) is 2.18.